The summed E-state index contributed by atoms with van der Waals surface area (Å²) in [5, 5.41) is 8.80. The van der Waals surface area contributed by atoms with Gasteiger partial charge in [0.05, 0.1) is 25.3 Å². The molecule has 0 bridgehead atoms. The molecule has 0 saturated heterocycles. The molecule has 0 aliphatic carbocycles. The van der Waals surface area contributed by atoms with Crippen LogP contribution >= 0.6 is 0 Å². The summed E-state index contributed by atoms with van der Waals surface area (Å²) in [5.74, 6) is 0.124. The van der Waals surface area contributed by atoms with Crippen LogP contribution in [0.5, 0.6) is 5.75 Å². The summed E-state index contributed by atoms with van der Waals surface area (Å²) in [6.07, 6.45) is -2.62. The number of halogens is 2. The summed E-state index contributed by atoms with van der Waals surface area (Å²) in [6, 6.07) is 3.59. The molecule has 0 amide bonds. The first-order valence-corrected chi connectivity index (χ1v) is 4.42. The number of benzene rings is 1. The van der Waals surface area contributed by atoms with Gasteiger partial charge in [0.25, 0.3) is 6.43 Å². The lowest BCUT2D eigenvalue weighted by Crippen LogP contribution is -2.14. The fraction of sp³-hybridized carbons (Fsp3) is 0.400. The van der Waals surface area contributed by atoms with E-state index >= 15 is 0 Å². The van der Waals surface area contributed by atoms with Crippen molar-refractivity contribution in [2.24, 2.45) is 5.73 Å². The highest BCUT2D eigenvalue weighted by molar-refractivity contribution is 5.39. The number of rotatable bonds is 4. The van der Waals surface area contributed by atoms with E-state index in [0.29, 0.717) is 5.56 Å². The fourth-order valence-electron chi connectivity index (χ4n) is 1.26. The summed E-state index contributed by atoms with van der Waals surface area (Å²) >= 11 is 0. The van der Waals surface area contributed by atoms with Crippen LogP contribution in [0, 0.1) is 0 Å². The fourth-order valence-corrected chi connectivity index (χ4v) is 1.26. The highest BCUT2D eigenvalue weighted by Crippen LogP contribution is 2.30. The van der Waals surface area contributed by atoms with E-state index in [1.807, 2.05) is 0 Å². The van der Waals surface area contributed by atoms with Gasteiger partial charge in [-0.3, -0.25) is 0 Å². The van der Waals surface area contributed by atoms with Gasteiger partial charge in [0.1, 0.15) is 5.75 Å². The van der Waals surface area contributed by atoms with Crippen LogP contribution in [-0.2, 0) is 0 Å². The predicted octanol–water partition coefficient (Wildman–Crippen LogP) is 1.62. The maximum atomic E-state index is 12.6. The van der Waals surface area contributed by atoms with E-state index in [4.69, 9.17) is 15.6 Å². The zero-order valence-corrected chi connectivity index (χ0v) is 8.28. The largest absolute Gasteiger partial charge is 0.496 e. The monoisotopic (exact) mass is 217 g/mol. The zero-order valence-electron chi connectivity index (χ0n) is 8.28. The summed E-state index contributed by atoms with van der Waals surface area (Å²) < 4.78 is 29.9. The minimum Gasteiger partial charge on any atom is -0.496 e. The molecule has 84 valence electrons. The molecule has 5 heteroatoms. The first-order chi connectivity index (χ1) is 7.10. The molecule has 0 fully saturated rings. The van der Waals surface area contributed by atoms with Crippen molar-refractivity contribution in [2.45, 2.75) is 12.5 Å². The van der Waals surface area contributed by atoms with Crippen molar-refractivity contribution in [2.75, 3.05) is 13.7 Å². The topological polar surface area (TPSA) is 55.5 Å². The minimum absolute atomic E-state index is 0.124. The third-order valence-corrected chi connectivity index (χ3v) is 2.11. The number of methoxy groups -OCH3 is 1. The Kier molecular flexibility index (Phi) is 3.99. The van der Waals surface area contributed by atoms with Crippen LogP contribution in [0.4, 0.5) is 8.78 Å². The summed E-state index contributed by atoms with van der Waals surface area (Å²) in [6.45, 7) is -0.283. The average molecular weight is 217 g/mol. The third-order valence-electron chi connectivity index (χ3n) is 2.11. The Morgan fingerprint density at radius 3 is 2.60 bits per heavy atom. The molecule has 3 nitrogen and oxygen atoms in total. The van der Waals surface area contributed by atoms with Gasteiger partial charge in [0.2, 0.25) is 0 Å². The van der Waals surface area contributed by atoms with Crippen molar-refractivity contribution in [1.82, 2.24) is 0 Å². The Labute approximate surface area is 86.5 Å². The molecular formula is C10H13F2NO2. The number of aliphatic hydroxyl groups is 1. The second-order valence-electron chi connectivity index (χ2n) is 3.09. The molecule has 1 aromatic carbocycles. The van der Waals surface area contributed by atoms with Crippen LogP contribution in [-0.4, -0.2) is 18.8 Å². The normalized spacial score (nSPS) is 12.9. The molecule has 0 aromatic heterocycles. The molecule has 0 radical (unpaired) electrons. The SMILES string of the molecule is COc1ccc(C(N)CO)cc1C(F)F. The van der Waals surface area contributed by atoms with Gasteiger partial charge in [-0.15, -0.1) is 0 Å². The number of alkyl halides is 2. The molecule has 1 unspecified atom stereocenters. The molecule has 1 atom stereocenters. The van der Waals surface area contributed by atoms with Crippen molar-refractivity contribution in [3.8, 4) is 5.75 Å². The lowest BCUT2D eigenvalue weighted by molar-refractivity contribution is 0.147. The Morgan fingerprint density at radius 2 is 2.13 bits per heavy atom. The van der Waals surface area contributed by atoms with E-state index in [-0.39, 0.29) is 17.9 Å². The van der Waals surface area contributed by atoms with Crippen LogP contribution in [0.3, 0.4) is 0 Å². The van der Waals surface area contributed by atoms with E-state index in [9.17, 15) is 8.78 Å². The van der Waals surface area contributed by atoms with Crippen molar-refractivity contribution in [1.29, 1.82) is 0 Å². The van der Waals surface area contributed by atoms with Crippen LogP contribution in [0.1, 0.15) is 23.6 Å². The number of hydrogen-bond donors (Lipinski definition) is 2. The number of nitrogens with two attached hydrogens (primary N) is 1. The summed E-state index contributed by atoms with van der Waals surface area (Å²) in [7, 11) is 1.33. The van der Waals surface area contributed by atoms with Crippen molar-refractivity contribution in [3.05, 3.63) is 29.3 Å². The van der Waals surface area contributed by atoms with Gasteiger partial charge in [0.15, 0.2) is 0 Å². The van der Waals surface area contributed by atoms with E-state index in [2.05, 4.69) is 0 Å². The van der Waals surface area contributed by atoms with Gasteiger partial charge >= 0.3 is 0 Å². The smallest absolute Gasteiger partial charge is 0.267 e. The van der Waals surface area contributed by atoms with Crippen molar-refractivity contribution < 1.29 is 18.6 Å². The number of ether oxygens (including phenoxy) is 1. The second-order valence-corrected chi connectivity index (χ2v) is 3.09. The molecule has 0 aliphatic heterocycles. The van der Waals surface area contributed by atoms with Gasteiger partial charge in [0, 0.05) is 0 Å². The summed E-state index contributed by atoms with van der Waals surface area (Å²) in [4.78, 5) is 0. The standard InChI is InChI=1S/C10H13F2NO2/c1-15-9-3-2-6(8(13)5-14)4-7(9)10(11)12/h2-4,8,10,14H,5,13H2,1H3. The molecule has 0 aliphatic rings. The Hall–Kier alpha value is -1.20. The zero-order chi connectivity index (χ0) is 11.4. The molecular weight excluding hydrogens is 204 g/mol. The molecule has 1 rings (SSSR count). The highest BCUT2D eigenvalue weighted by Gasteiger charge is 2.16. The van der Waals surface area contributed by atoms with E-state index in [1.165, 1.54) is 19.2 Å². The Bertz CT molecular complexity index is 331. The summed E-state index contributed by atoms with van der Waals surface area (Å²) in [5.41, 5.74) is 5.78. The predicted molar refractivity (Wildman–Crippen MR) is 52.0 cm³/mol. The Balaban J connectivity index is 3.10. The van der Waals surface area contributed by atoms with Crippen LogP contribution in [0.15, 0.2) is 18.2 Å². The van der Waals surface area contributed by atoms with E-state index in [0.717, 1.165) is 0 Å². The minimum atomic E-state index is -2.62. The van der Waals surface area contributed by atoms with Crippen LogP contribution in [0.25, 0.3) is 0 Å². The molecule has 0 heterocycles. The number of hydrogen-bond acceptors (Lipinski definition) is 3. The maximum absolute atomic E-state index is 12.6. The molecule has 15 heavy (non-hydrogen) atoms. The molecule has 1 aromatic rings. The van der Waals surface area contributed by atoms with Crippen molar-refractivity contribution in [3.63, 3.8) is 0 Å². The average Bonchev–Trinajstić information content (AvgIpc) is 2.27. The van der Waals surface area contributed by atoms with Gasteiger partial charge in [-0.05, 0) is 17.7 Å². The molecule has 0 saturated carbocycles. The van der Waals surface area contributed by atoms with Gasteiger partial charge < -0.3 is 15.6 Å². The number of aliphatic hydroxyl groups excluding tert-OH is 1. The lowest BCUT2D eigenvalue weighted by atomic mass is 10.0. The first-order valence-electron chi connectivity index (χ1n) is 4.42. The van der Waals surface area contributed by atoms with Gasteiger partial charge in [-0.2, -0.15) is 0 Å². The van der Waals surface area contributed by atoms with Gasteiger partial charge in [-0.25, -0.2) is 8.78 Å². The Morgan fingerprint density at radius 1 is 1.47 bits per heavy atom. The first kappa shape index (κ1) is 11.9. The third kappa shape index (κ3) is 2.64. The second kappa shape index (κ2) is 5.04. The van der Waals surface area contributed by atoms with E-state index < -0.39 is 12.5 Å². The van der Waals surface area contributed by atoms with Crippen molar-refractivity contribution >= 4 is 0 Å². The molecule has 0 spiro atoms. The van der Waals surface area contributed by atoms with Crippen LogP contribution < -0.4 is 10.5 Å². The van der Waals surface area contributed by atoms with Gasteiger partial charge in [-0.1, -0.05) is 6.07 Å². The quantitative estimate of drug-likeness (QED) is 0.805. The van der Waals surface area contributed by atoms with Crippen LogP contribution in [0.2, 0.25) is 0 Å². The maximum Gasteiger partial charge on any atom is 0.267 e. The van der Waals surface area contributed by atoms with E-state index in [1.54, 1.807) is 6.07 Å². The highest BCUT2D eigenvalue weighted by atomic mass is 19.3. The molecule has 3 N–H and O–H groups in total. The lowest BCUT2D eigenvalue weighted by Gasteiger charge is -2.13.